The molecule has 0 aliphatic carbocycles. The minimum Gasteiger partial charge on any atom is -0.467 e. The van der Waals surface area contributed by atoms with Crippen molar-refractivity contribution >= 4 is 23.6 Å². The van der Waals surface area contributed by atoms with Crippen molar-refractivity contribution in [2.45, 2.75) is 43.4 Å². The number of hydrogen-bond acceptors (Lipinski definition) is 4. The monoisotopic (exact) mass is 257 g/mol. The molecule has 1 amide bonds. The van der Waals surface area contributed by atoms with Crippen LogP contribution in [0.1, 0.15) is 32.6 Å². The van der Waals surface area contributed by atoms with Gasteiger partial charge in [0.15, 0.2) is 0 Å². The Bertz CT molecular complexity index is 326. The highest BCUT2D eigenvalue weighted by Crippen LogP contribution is 2.40. The number of amides is 1. The summed E-state index contributed by atoms with van der Waals surface area (Å²) in [5, 5.41) is 0. The molecule has 2 aliphatic heterocycles. The summed E-state index contributed by atoms with van der Waals surface area (Å²) in [4.78, 5) is 25.8. The molecule has 2 heterocycles. The number of ether oxygens (including phenoxy) is 1. The summed E-state index contributed by atoms with van der Waals surface area (Å²) >= 11 is 1.72. The molecule has 0 bridgehead atoms. The van der Waals surface area contributed by atoms with Crippen LogP contribution in [0.15, 0.2) is 0 Å². The SMILES string of the molecule is COC(=O)C1CCCN1C(=O)C1(C)CCCS1. The van der Waals surface area contributed by atoms with E-state index in [0.29, 0.717) is 6.54 Å². The first-order chi connectivity index (χ1) is 8.08. The second kappa shape index (κ2) is 4.88. The van der Waals surface area contributed by atoms with Crippen LogP contribution < -0.4 is 0 Å². The van der Waals surface area contributed by atoms with Gasteiger partial charge >= 0.3 is 5.97 Å². The van der Waals surface area contributed by atoms with Gasteiger partial charge in [0.2, 0.25) is 5.91 Å². The Morgan fingerprint density at radius 3 is 2.76 bits per heavy atom. The van der Waals surface area contributed by atoms with Crippen molar-refractivity contribution in [2.24, 2.45) is 0 Å². The molecule has 2 saturated heterocycles. The van der Waals surface area contributed by atoms with Crippen LogP contribution in [0.5, 0.6) is 0 Å². The molecule has 2 atom stereocenters. The summed E-state index contributed by atoms with van der Waals surface area (Å²) in [5.41, 5.74) is 0. The molecule has 4 nitrogen and oxygen atoms in total. The lowest BCUT2D eigenvalue weighted by Crippen LogP contribution is -2.49. The highest BCUT2D eigenvalue weighted by atomic mass is 32.2. The summed E-state index contributed by atoms with van der Waals surface area (Å²) in [5.74, 6) is 0.884. The molecular formula is C12H19NO3S. The Kier molecular flexibility index (Phi) is 3.66. The van der Waals surface area contributed by atoms with E-state index in [2.05, 4.69) is 0 Å². The summed E-state index contributed by atoms with van der Waals surface area (Å²) in [7, 11) is 1.38. The van der Waals surface area contributed by atoms with E-state index in [-0.39, 0.29) is 22.7 Å². The average molecular weight is 257 g/mol. The molecule has 0 N–H and O–H groups in total. The zero-order valence-corrected chi connectivity index (χ0v) is 11.2. The number of methoxy groups -OCH3 is 1. The third kappa shape index (κ3) is 2.30. The number of hydrogen-bond donors (Lipinski definition) is 0. The van der Waals surface area contributed by atoms with E-state index in [0.717, 1.165) is 31.4 Å². The number of nitrogens with zero attached hydrogens (tertiary/aromatic N) is 1. The van der Waals surface area contributed by atoms with Crippen LogP contribution in [0.3, 0.4) is 0 Å². The average Bonchev–Trinajstić information content (AvgIpc) is 2.96. The Morgan fingerprint density at radius 1 is 1.41 bits per heavy atom. The highest BCUT2D eigenvalue weighted by molar-refractivity contribution is 8.01. The predicted octanol–water partition coefficient (Wildman–Crippen LogP) is 1.44. The van der Waals surface area contributed by atoms with Crippen molar-refractivity contribution in [2.75, 3.05) is 19.4 Å². The largest absolute Gasteiger partial charge is 0.467 e. The van der Waals surface area contributed by atoms with E-state index in [4.69, 9.17) is 4.74 Å². The first-order valence-electron chi connectivity index (χ1n) is 6.11. The van der Waals surface area contributed by atoms with E-state index in [9.17, 15) is 9.59 Å². The molecule has 2 rings (SSSR count). The van der Waals surface area contributed by atoms with E-state index in [1.165, 1.54) is 7.11 Å². The van der Waals surface area contributed by atoms with Gasteiger partial charge in [-0.25, -0.2) is 4.79 Å². The normalized spacial score (nSPS) is 32.8. The maximum atomic E-state index is 12.5. The van der Waals surface area contributed by atoms with Crippen molar-refractivity contribution in [1.29, 1.82) is 0 Å². The fourth-order valence-corrected chi connectivity index (χ4v) is 3.91. The molecule has 2 fully saturated rings. The summed E-state index contributed by atoms with van der Waals surface area (Å²) in [6, 6.07) is -0.356. The topological polar surface area (TPSA) is 46.6 Å². The molecular weight excluding hydrogens is 238 g/mol. The molecule has 0 aromatic heterocycles. The minimum atomic E-state index is -0.356. The molecule has 0 spiro atoms. The fraction of sp³-hybridized carbons (Fsp3) is 0.833. The third-order valence-electron chi connectivity index (χ3n) is 3.66. The van der Waals surface area contributed by atoms with Gasteiger partial charge in [0.05, 0.1) is 11.9 Å². The number of likely N-dealkylation sites (tertiary alicyclic amines) is 1. The van der Waals surface area contributed by atoms with Gasteiger partial charge in [-0.1, -0.05) is 0 Å². The van der Waals surface area contributed by atoms with E-state index < -0.39 is 0 Å². The molecule has 0 saturated carbocycles. The van der Waals surface area contributed by atoms with Crippen LogP contribution in [0.2, 0.25) is 0 Å². The van der Waals surface area contributed by atoms with Crippen molar-refractivity contribution < 1.29 is 14.3 Å². The number of esters is 1. The fourth-order valence-electron chi connectivity index (χ4n) is 2.64. The molecule has 2 aliphatic rings. The predicted molar refractivity (Wildman–Crippen MR) is 66.8 cm³/mol. The standard InChI is InChI=1S/C12H19NO3S/c1-12(6-4-8-17-12)11(15)13-7-3-5-9(13)10(14)16-2/h9H,3-8H2,1-2H3. The van der Waals surface area contributed by atoms with Crippen LogP contribution in [0, 0.1) is 0 Å². The molecule has 96 valence electrons. The van der Waals surface area contributed by atoms with Crippen LogP contribution in [0.25, 0.3) is 0 Å². The first kappa shape index (κ1) is 12.7. The maximum absolute atomic E-state index is 12.5. The Morgan fingerprint density at radius 2 is 2.18 bits per heavy atom. The molecule has 0 aromatic rings. The smallest absolute Gasteiger partial charge is 0.328 e. The quantitative estimate of drug-likeness (QED) is 0.702. The first-order valence-corrected chi connectivity index (χ1v) is 7.10. The summed E-state index contributed by atoms with van der Waals surface area (Å²) in [6.45, 7) is 2.69. The summed E-state index contributed by atoms with van der Waals surface area (Å²) in [6.07, 6.45) is 3.63. The van der Waals surface area contributed by atoms with Gasteiger partial charge in [-0.2, -0.15) is 0 Å². The van der Waals surface area contributed by atoms with Crippen LogP contribution in [-0.4, -0.2) is 47.0 Å². The lowest BCUT2D eigenvalue weighted by molar-refractivity contribution is -0.151. The number of carbonyl (C=O) groups is 2. The van der Waals surface area contributed by atoms with Gasteiger partial charge in [-0.3, -0.25) is 4.79 Å². The van der Waals surface area contributed by atoms with E-state index in [1.807, 2.05) is 6.92 Å². The van der Waals surface area contributed by atoms with Gasteiger partial charge < -0.3 is 9.64 Å². The van der Waals surface area contributed by atoms with Crippen molar-refractivity contribution in [1.82, 2.24) is 4.90 Å². The van der Waals surface area contributed by atoms with Gasteiger partial charge in [0, 0.05) is 6.54 Å². The number of carbonyl (C=O) groups excluding carboxylic acids is 2. The van der Waals surface area contributed by atoms with Gasteiger partial charge in [-0.05, 0) is 38.4 Å². The van der Waals surface area contributed by atoms with Gasteiger partial charge in [0.25, 0.3) is 0 Å². The van der Waals surface area contributed by atoms with E-state index >= 15 is 0 Å². The second-order valence-corrected chi connectivity index (χ2v) is 6.46. The van der Waals surface area contributed by atoms with Gasteiger partial charge in [-0.15, -0.1) is 11.8 Å². The van der Waals surface area contributed by atoms with E-state index in [1.54, 1.807) is 16.7 Å². The lowest BCUT2D eigenvalue weighted by atomic mass is 10.0. The van der Waals surface area contributed by atoms with Gasteiger partial charge in [0.1, 0.15) is 6.04 Å². The van der Waals surface area contributed by atoms with Crippen molar-refractivity contribution in [3.63, 3.8) is 0 Å². The lowest BCUT2D eigenvalue weighted by Gasteiger charge is -2.31. The zero-order chi connectivity index (χ0) is 12.5. The van der Waals surface area contributed by atoms with Crippen molar-refractivity contribution in [3.05, 3.63) is 0 Å². The minimum absolute atomic E-state index is 0.118. The Balaban J connectivity index is 2.10. The third-order valence-corrected chi connectivity index (χ3v) is 5.17. The summed E-state index contributed by atoms with van der Waals surface area (Å²) < 4.78 is 4.45. The van der Waals surface area contributed by atoms with Crippen LogP contribution >= 0.6 is 11.8 Å². The van der Waals surface area contributed by atoms with Crippen molar-refractivity contribution in [3.8, 4) is 0 Å². The second-order valence-electron chi connectivity index (χ2n) is 4.86. The van der Waals surface area contributed by atoms with Crippen LogP contribution in [0.4, 0.5) is 0 Å². The highest BCUT2D eigenvalue weighted by Gasteiger charge is 2.45. The molecule has 0 aromatic carbocycles. The van der Waals surface area contributed by atoms with Crippen LogP contribution in [-0.2, 0) is 14.3 Å². The molecule has 2 unspecified atom stereocenters. The molecule has 17 heavy (non-hydrogen) atoms. The molecule has 5 heteroatoms. The zero-order valence-electron chi connectivity index (χ0n) is 10.4. The Hall–Kier alpha value is -0.710. The molecule has 0 radical (unpaired) electrons. The Labute approximate surface area is 106 Å². The number of rotatable bonds is 2. The maximum Gasteiger partial charge on any atom is 0.328 e. The number of thioether (sulfide) groups is 1.